The zero-order valence-electron chi connectivity index (χ0n) is 15.6. The predicted octanol–water partition coefficient (Wildman–Crippen LogP) is 0.697. The van der Waals surface area contributed by atoms with Crippen molar-refractivity contribution in [1.29, 1.82) is 0 Å². The maximum atomic E-state index is 8.49. The molecule has 0 saturated heterocycles. The first kappa shape index (κ1) is 22.3. The molecule has 0 amide bonds. The van der Waals surface area contributed by atoms with Gasteiger partial charge >= 0.3 is 11.5 Å². The highest BCUT2D eigenvalue weighted by Crippen LogP contribution is 2.34. The van der Waals surface area contributed by atoms with Crippen molar-refractivity contribution in [3.05, 3.63) is 29.2 Å². The molecule has 0 bridgehead atoms. The van der Waals surface area contributed by atoms with Crippen LogP contribution in [-0.2, 0) is 16.2 Å². The van der Waals surface area contributed by atoms with Gasteiger partial charge in [0.1, 0.15) is 0 Å². The van der Waals surface area contributed by atoms with E-state index >= 15 is 0 Å². The Labute approximate surface area is 141 Å². The molecule has 0 fully saturated rings. The lowest BCUT2D eigenvalue weighted by molar-refractivity contribution is -2.00. The highest BCUT2D eigenvalue weighted by atomic mass is 35.7. The average molecular weight is 349 g/mol. The van der Waals surface area contributed by atoms with E-state index in [9.17, 15) is 0 Å². The molecular weight excluding hydrogens is 320 g/mol. The SMILES string of the molecule is CC(C)(C)c1cc(C(C)(C)C)[o+]c(C(C)(C)C)c1.[O-][Cl+3]([O-])([O-])[O-]. The Balaban J connectivity index is 0.000000841. The molecule has 1 heterocycles. The topological polar surface area (TPSA) is 104 Å². The van der Waals surface area contributed by atoms with Crippen LogP contribution >= 0.6 is 0 Å². The monoisotopic (exact) mass is 348 g/mol. The molecule has 0 spiro atoms. The molecule has 0 aromatic carbocycles. The zero-order valence-corrected chi connectivity index (χ0v) is 16.3. The number of hydrogen-bond acceptors (Lipinski definition) is 4. The first-order valence-corrected chi connectivity index (χ1v) is 8.66. The molecule has 0 aliphatic rings. The Kier molecular flexibility index (Phi) is 6.81. The zero-order chi connectivity index (χ0) is 18.9. The summed E-state index contributed by atoms with van der Waals surface area (Å²) in [7, 11) is -4.94. The van der Waals surface area contributed by atoms with E-state index in [1.807, 2.05) is 0 Å². The van der Waals surface area contributed by atoms with Crippen LogP contribution in [-0.4, -0.2) is 0 Å². The minimum absolute atomic E-state index is 0.0429. The normalized spacial score (nSPS) is 13.4. The Morgan fingerprint density at radius 3 is 1.09 bits per heavy atom. The van der Waals surface area contributed by atoms with E-state index in [-0.39, 0.29) is 16.2 Å². The number of halogens is 1. The van der Waals surface area contributed by atoms with E-state index in [4.69, 9.17) is 23.1 Å². The summed E-state index contributed by atoms with van der Waals surface area (Å²) in [5.74, 6) is 2.14. The summed E-state index contributed by atoms with van der Waals surface area (Å²) >= 11 is 0. The van der Waals surface area contributed by atoms with Gasteiger partial charge in [-0.05, 0) is 52.5 Å². The summed E-state index contributed by atoms with van der Waals surface area (Å²) in [6.45, 7) is 19.9. The quantitative estimate of drug-likeness (QED) is 0.642. The van der Waals surface area contributed by atoms with Crippen molar-refractivity contribution in [2.75, 3.05) is 0 Å². The van der Waals surface area contributed by atoms with Gasteiger partial charge < -0.3 is 0 Å². The minimum Gasteiger partial charge on any atom is -0.222 e. The molecule has 0 radical (unpaired) electrons. The molecule has 1 aromatic heterocycles. The molecule has 0 aliphatic carbocycles. The maximum Gasteiger partial charge on any atom is 0.334 e. The third-order valence-electron chi connectivity index (χ3n) is 3.14. The van der Waals surface area contributed by atoms with Crippen LogP contribution < -0.4 is 18.6 Å². The number of rotatable bonds is 0. The molecule has 5 nitrogen and oxygen atoms in total. The van der Waals surface area contributed by atoms with Gasteiger partial charge in [-0.1, -0.05) is 20.8 Å². The molecule has 1 aromatic rings. The fourth-order valence-electron chi connectivity index (χ4n) is 1.67. The van der Waals surface area contributed by atoms with Gasteiger partial charge in [0.25, 0.3) is 0 Å². The number of hydrogen-bond donors (Lipinski definition) is 0. The van der Waals surface area contributed by atoms with E-state index in [1.165, 1.54) is 5.56 Å². The Bertz CT molecular complexity index is 429. The van der Waals surface area contributed by atoms with Gasteiger partial charge in [0.05, 0.1) is 10.8 Å². The van der Waals surface area contributed by atoms with Crippen LogP contribution in [0.4, 0.5) is 0 Å². The molecule has 6 heteroatoms. The standard InChI is InChI=1S/C17H29O.ClHO4/c1-15(2,3)12-10-13(16(4,5)6)18-14(11-12)17(7,8)9;2-1(3,4)5/h10-11H,1-9H3;(H,2,3,4,5)/q+1;/p-1. The molecule has 23 heavy (non-hydrogen) atoms. The van der Waals surface area contributed by atoms with Crippen molar-refractivity contribution < 1.29 is 33.3 Å². The summed E-state index contributed by atoms with van der Waals surface area (Å²) in [5, 5.41) is 0. The van der Waals surface area contributed by atoms with E-state index in [2.05, 4.69) is 74.4 Å². The second-order valence-electron chi connectivity index (χ2n) is 8.70. The van der Waals surface area contributed by atoms with Crippen LogP contribution in [0.25, 0.3) is 0 Å². The third-order valence-corrected chi connectivity index (χ3v) is 3.14. The van der Waals surface area contributed by atoms with Gasteiger partial charge in [0, 0.05) is 12.1 Å². The molecule has 0 atom stereocenters. The van der Waals surface area contributed by atoms with Crippen molar-refractivity contribution in [1.82, 2.24) is 0 Å². The van der Waals surface area contributed by atoms with Gasteiger partial charge in [0.2, 0.25) is 0 Å². The lowest BCUT2D eigenvalue weighted by atomic mass is 9.82. The first-order chi connectivity index (χ1) is 9.82. The molecule has 134 valence electrons. The highest BCUT2D eigenvalue weighted by Gasteiger charge is 2.35. The van der Waals surface area contributed by atoms with E-state index in [1.54, 1.807) is 0 Å². The average Bonchev–Trinajstić information content (AvgIpc) is 2.22. The summed E-state index contributed by atoms with van der Waals surface area (Å²) in [4.78, 5) is 0. The first-order valence-electron chi connectivity index (χ1n) is 7.43. The molecular formula is C17H29ClO5. The molecule has 0 N–H and O–H groups in total. The second-order valence-corrected chi connectivity index (χ2v) is 9.46. The van der Waals surface area contributed by atoms with E-state index in [0.717, 1.165) is 11.5 Å². The van der Waals surface area contributed by atoms with Crippen molar-refractivity contribution >= 4 is 0 Å². The highest BCUT2D eigenvalue weighted by molar-refractivity contribution is 5.29. The van der Waals surface area contributed by atoms with Gasteiger partial charge in [-0.25, -0.2) is 23.1 Å². The van der Waals surface area contributed by atoms with Gasteiger partial charge in [-0.15, -0.1) is 10.2 Å². The maximum absolute atomic E-state index is 8.49. The Morgan fingerprint density at radius 1 is 0.652 bits per heavy atom. The van der Waals surface area contributed by atoms with Crippen molar-refractivity contribution in [2.45, 2.75) is 78.6 Å². The van der Waals surface area contributed by atoms with Crippen molar-refractivity contribution in [3.63, 3.8) is 0 Å². The molecule has 1 rings (SSSR count). The van der Waals surface area contributed by atoms with Crippen LogP contribution in [0.1, 0.15) is 79.4 Å². The van der Waals surface area contributed by atoms with Crippen LogP contribution in [0, 0.1) is 10.2 Å². The summed E-state index contributed by atoms with van der Waals surface area (Å²) in [5.41, 5.74) is 1.59. The smallest absolute Gasteiger partial charge is 0.222 e. The lowest BCUT2D eigenvalue weighted by Crippen LogP contribution is -2.68. The molecule has 0 unspecified atom stereocenters. The van der Waals surface area contributed by atoms with Crippen LogP contribution in [0.2, 0.25) is 0 Å². The molecule has 0 saturated carbocycles. The second kappa shape index (κ2) is 7.03. The Morgan fingerprint density at radius 2 is 0.913 bits per heavy atom. The van der Waals surface area contributed by atoms with Gasteiger partial charge in [-0.2, -0.15) is 0 Å². The van der Waals surface area contributed by atoms with Crippen LogP contribution in [0.15, 0.2) is 16.5 Å². The van der Waals surface area contributed by atoms with Crippen LogP contribution in [0.3, 0.4) is 0 Å². The summed E-state index contributed by atoms with van der Waals surface area (Å²) in [6.07, 6.45) is 0. The largest absolute Gasteiger partial charge is 0.334 e. The predicted molar refractivity (Wildman–Crippen MR) is 79.2 cm³/mol. The van der Waals surface area contributed by atoms with E-state index in [0.29, 0.717) is 0 Å². The van der Waals surface area contributed by atoms with E-state index < -0.39 is 10.2 Å². The summed E-state index contributed by atoms with van der Waals surface area (Å²) in [6, 6.07) is 4.43. The molecule has 0 aliphatic heterocycles. The third kappa shape index (κ3) is 9.23. The van der Waals surface area contributed by atoms with Gasteiger partial charge in [-0.3, -0.25) is 0 Å². The summed E-state index contributed by atoms with van der Waals surface area (Å²) < 4.78 is 40.1. The van der Waals surface area contributed by atoms with Crippen molar-refractivity contribution in [3.8, 4) is 0 Å². The fraction of sp³-hybridized carbons (Fsp3) is 0.706. The van der Waals surface area contributed by atoms with Gasteiger partial charge in [0.15, 0.2) is 0 Å². The van der Waals surface area contributed by atoms with Crippen LogP contribution in [0.5, 0.6) is 0 Å². The van der Waals surface area contributed by atoms with Crippen molar-refractivity contribution in [2.24, 2.45) is 0 Å². The fourth-order valence-corrected chi connectivity index (χ4v) is 1.67. The minimum atomic E-state index is -4.94. The Hall–Kier alpha value is -0.720. The lowest BCUT2D eigenvalue weighted by Gasteiger charge is -2.21.